The zero-order valence-electron chi connectivity index (χ0n) is 28.2. The molecule has 0 fully saturated rings. The lowest BCUT2D eigenvalue weighted by Gasteiger charge is -2.29. The fourth-order valence-electron chi connectivity index (χ4n) is 8.85. The molecule has 10 aromatic rings. The summed E-state index contributed by atoms with van der Waals surface area (Å²) in [6, 6.07) is 58.0. The second kappa shape index (κ2) is 10.6. The zero-order chi connectivity index (χ0) is 34.6. The van der Waals surface area contributed by atoms with Gasteiger partial charge in [0.1, 0.15) is 11.2 Å². The molecule has 8 aromatic carbocycles. The topological polar surface area (TPSA) is 56.4 Å². The Morgan fingerprint density at radius 2 is 1.27 bits per heavy atom. The fourth-order valence-corrected chi connectivity index (χ4v) is 8.85. The van der Waals surface area contributed by atoms with Gasteiger partial charge in [-0.15, -0.1) is 0 Å². The second-order valence-corrected chi connectivity index (χ2v) is 13.8. The Kier molecular flexibility index (Phi) is 5.93. The van der Waals surface area contributed by atoms with Gasteiger partial charge in [-0.3, -0.25) is 4.99 Å². The van der Waals surface area contributed by atoms with Crippen LogP contribution in [-0.4, -0.2) is 11.3 Å². The lowest BCUT2D eigenvalue weighted by atomic mass is 9.81. The molecule has 2 aromatic heterocycles. The molecule has 2 heterocycles. The quantitative estimate of drug-likeness (QED) is 0.190. The highest BCUT2D eigenvalue weighted by Gasteiger charge is 2.43. The first-order valence-corrected chi connectivity index (χ1v) is 17.6. The van der Waals surface area contributed by atoms with Crippen molar-refractivity contribution in [2.45, 2.75) is 5.54 Å². The number of hydrogen-bond acceptors (Lipinski definition) is 3. The van der Waals surface area contributed by atoms with Crippen molar-refractivity contribution in [2.24, 2.45) is 10.7 Å². The van der Waals surface area contributed by atoms with Crippen LogP contribution in [0.25, 0.3) is 82.5 Å². The zero-order valence-corrected chi connectivity index (χ0v) is 28.2. The molecule has 0 spiro atoms. The normalized spacial score (nSPS) is 15.2. The van der Waals surface area contributed by atoms with Crippen molar-refractivity contribution in [1.82, 2.24) is 4.57 Å². The van der Waals surface area contributed by atoms with E-state index in [-0.39, 0.29) is 0 Å². The molecule has 0 saturated carbocycles. The molecule has 0 saturated heterocycles. The van der Waals surface area contributed by atoms with Crippen LogP contribution < -0.4 is 5.73 Å². The van der Waals surface area contributed by atoms with Gasteiger partial charge < -0.3 is 14.7 Å². The molecule has 0 amide bonds. The van der Waals surface area contributed by atoms with E-state index in [4.69, 9.17) is 10.2 Å². The van der Waals surface area contributed by atoms with E-state index in [2.05, 4.69) is 168 Å². The van der Waals surface area contributed by atoms with Gasteiger partial charge in [0.05, 0.1) is 22.3 Å². The van der Waals surface area contributed by atoms with Crippen LogP contribution in [-0.2, 0) is 5.54 Å². The van der Waals surface area contributed by atoms with Crippen molar-refractivity contribution in [1.29, 1.82) is 0 Å². The molecule has 0 aliphatic heterocycles. The maximum Gasteiger partial charge on any atom is 0.136 e. The van der Waals surface area contributed by atoms with Crippen molar-refractivity contribution in [3.05, 3.63) is 180 Å². The number of rotatable bonds is 4. The monoisotopic (exact) mass is 665 g/mol. The predicted octanol–water partition coefficient (Wildman–Crippen LogP) is 12.1. The van der Waals surface area contributed by atoms with Crippen LogP contribution in [0, 0.1) is 0 Å². The summed E-state index contributed by atoms with van der Waals surface area (Å²) in [5, 5.41) is 7.09. The molecular formula is C48H31N3O. The molecule has 1 unspecified atom stereocenters. The van der Waals surface area contributed by atoms with E-state index in [0.717, 1.165) is 83.3 Å². The molecule has 0 radical (unpaired) electrons. The Hall–Kier alpha value is -6.75. The van der Waals surface area contributed by atoms with Gasteiger partial charge in [0, 0.05) is 32.8 Å². The van der Waals surface area contributed by atoms with Gasteiger partial charge in [-0.25, -0.2) is 0 Å². The predicted molar refractivity (Wildman–Crippen MR) is 216 cm³/mol. The summed E-state index contributed by atoms with van der Waals surface area (Å²) in [5.41, 5.74) is 20.3. The van der Waals surface area contributed by atoms with Gasteiger partial charge in [-0.05, 0) is 105 Å². The number of aliphatic imine (C=N–C) groups is 1. The maximum atomic E-state index is 7.61. The summed E-state index contributed by atoms with van der Waals surface area (Å²) in [6.07, 6.45) is 0. The number of nitrogens with two attached hydrogens (primary N) is 1. The highest BCUT2D eigenvalue weighted by molar-refractivity contribution is 6.19. The van der Waals surface area contributed by atoms with Crippen molar-refractivity contribution in [2.75, 3.05) is 0 Å². The van der Waals surface area contributed by atoms with Crippen molar-refractivity contribution in [3.63, 3.8) is 0 Å². The Labute approximate surface area is 299 Å². The highest BCUT2D eigenvalue weighted by atomic mass is 16.3. The third kappa shape index (κ3) is 3.87. The first-order chi connectivity index (χ1) is 25.6. The van der Waals surface area contributed by atoms with Crippen LogP contribution in [0.4, 0.5) is 5.69 Å². The molecule has 0 bridgehead atoms. The van der Waals surface area contributed by atoms with Crippen molar-refractivity contribution >= 4 is 66.9 Å². The number of para-hydroxylation sites is 1. The van der Waals surface area contributed by atoms with Crippen LogP contribution in [0.1, 0.15) is 16.7 Å². The molecule has 4 nitrogen and oxygen atoms in total. The van der Waals surface area contributed by atoms with Gasteiger partial charge in [-0.2, -0.15) is 0 Å². The maximum absolute atomic E-state index is 7.61. The molecular weight excluding hydrogens is 635 g/mol. The minimum atomic E-state index is -0.896. The molecule has 52 heavy (non-hydrogen) atoms. The summed E-state index contributed by atoms with van der Waals surface area (Å²) in [5.74, 6) is 0. The molecule has 244 valence electrons. The van der Waals surface area contributed by atoms with Crippen LogP contribution in [0.2, 0.25) is 0 Å². The Morgan fingerprint density at radius 1 is 0.558 bits per heavy atom. The SMILES string of the molecule is C=Nc1cccc2c1C(N)(c1cccc(-n3c4ccccc4c4cc(-c5ccc6oc7ccc8ccccc8c7c6c5)ccc43)c1)c1ccccc1-2. The lowest BCUT2D eigenvalue weighted by Crippen LogP contribution is -2.37. The molecule has 1 aliphatic rings. The standard InChI is InChI=1S/C48H31N3O/c1-50-41-18-9-16-37-35-14-4-6-17-40(35)48(49,47(37)41)32-11-8-12-33(28-32)51-42-19-7-5-15-36(42)38-26-30(20-23-43(38)51)31-22-24-44-39(27-31)46-34-13-3-2-10-29(34)21-25-45(46)52-44/h2-28H,1,49H2. The first kappa shape index (κ1) is 29.0. The third-order valence-corrected chi connectivity index (χ3v) is 11.2. The van der Waals surface area contributed by atoms with Gasteiger partial charge in [0.2, 0.25) is 0 Å². The minimum absolute atomic E-state index is 0.806. The summed E-state index contributed by atoms with van der Waals surface area (Å²) in [4.78, 5) is 4.43. The van der Waals surface area contributed by atoms with E-state index in [1.165, 1.54) is 21.5 Å². The molecule has 1 aliphatic carbocycles. The largest absolute Gasteiger partial charge is 0.456 e. The van der Waals surface area contributed by atoms with Gasteiger partial charge in [0.15, 0.2) is 0 Å². The van der Waals surface area contributed by atoms with Crippen molar-refractivity contribution in [3.8, 4) is 27.9 Å². The number of hydrogen-bond donors (Lipinski definition) is 1. The average molecular weight is 666 g/mol. The lowest BCUT2D eigenvalue weighted by molar-refractivity contribution is 0.669. The number of nitrogens with zero attached hydrogens (tertiary/aromatic N) is 2. The fraction of sp³-hybridized carbons (Fsp3) is 0.0208. The van der Waals surface area contributed by atoms with Crippen LogP contribution in [0.3, 0.4) is 0 Å². The Balaban J connectivity index is 1.10. The third-order valence-electron chi connectivity index (χ3n) is 11.2. The van der Waals surface area contributed by atoms with Crippen molar-refractivity contribution < 1.29 is 4.42 Å². The summed E-state index contributed by atoms with van der Waals surface area (Å²) >= 11 is 0. The highest BCUT2D eigenvalue weighted by Crippen LogP contribution is 2.53. The van der Waals surface area contributed by atoms with Crippen LogP contribution >= 0.6 is 0 Å². The van der Waals surface area contributed by atoms with E-state index in [0.29, 0.717) is 0 Å². The van der Waals surface area contributed by atoms with E-state index < -0.39 is 5.54 Å². The molecule has 11 rings (SSSR count). The number of aromatic nitrogens is 1. The van der Waals surface area contributed by atoms with Gasteiger partial charge in [-0.1, -0.05) is 109 Å². The smallest absolute Gasteiger partial charge is 0.136 e. The second-order valence-electron chi connectivity index (χ2n) is 13.8. The van der Waals surface area contributed by atoms with E-state index >= 15 is 0 Å². The van der Waals surface area contributed by atoms with Crippen LogP contribution in [0.5, 0.6) is 0 Å². The summed E-state index contributed by atoms with van der Waals surface area (Å²) in [6.45, 7) is 3.91. The Morgan fingerprint density at radius 3 is 2.17 bits per heavy atom. The van der Waals surface area contributed by atoms with E-state index in [1.54, 1.807) is 0 Å². The number of benzene rings is 8. The summed E-state index contributed by atoms with van der Waals surface area (Å²) < 4.78 is 8.68. The van der Waals surface area contributed by atoms with Crippen LogP contribution in [0.15, 0.2) is 173 Å². The first-order valence-electron chi connectivity index (χ1n) is 17.6. The van der Waals surface area contributed by atoms with Gasteiger partial charge in [0.25, 0.3) is 0 Å². The minimum Gasteiger partial charge on any atom is -0.456 e. The Bertz CT molecular complexity index is 3130. The average Bonchev–Trinajstić information content (AvgIpc) is 3.84. The summed E-state index contributed by atoms with van der Waals surface area (Å²) in [7, 11) is 0. The molecule has 1 atom stereocenters. The number of furan rings is 1. The van der Waals surface area contributed by atoms with E-state index in [1.807, 2.05) is 12.1 Å². The van der Waals surface area contributed by atoms with E-state index in [9.17, 15) is 0 Å². The molecule has 2 N–H and O–H groups in total. The van der Waals surface area contributed by atoms with Gasteiger partial charge >= 0.3 is 0 Å². The molecule has 4 heteroatoms. The number of fused-ring (bicyclic) bond motifs is 11.